The molecule has 0 aromatic carbocycles. The Hall–Kier alpha value is -1.42. The average molecular weight is 203 g/mol. The third-order valence-electron chi connectivity index (χ3n) is 2.36. The Morgan fingerprint density at radius 1 is 1.29 bits per heavy atom. The summed E-state index contributed by atoms with van der Waals surface area (Å²) in [6, 6.07) is 2.11. The van der Waals surface area contributed by atoms with Gasteiger partial charge in [0, 0.05) is 11.1 Å². The number of nitrogens with one attached hydrogen (secondary N) is 1. The van der Waals surface area contributed by atoms with Gasteiger partial charge in [-0.1, -0.05) is 11.3 Å². The van der Waals surface area contributed by atoms with Crippen molar-refractivity contribution in [3.63, 3.8) is 0 Å². The van der Waals surface area contributed by atoms with E-state index < -0.39 is 0 Å². The maximum atomic E-state index is 4.50. The van der Waals surface area contributed by atoms with Crippen LogP contribution in [0.15, 0.2) is 12.4 Å². The minimum absolute atomic E-state index is 1.04. The predicted octanol–water partition coefficient (Wildman–Crippen LogP) is 2.79. The van der Waals surface area contributed by atoms with E-state index in [1.54, 1.807) is 17.7 Å². The van der Waals surface area contributed by atoms with Crippen LogP contribution < -0.4 is 0 Å². The molecule has 14 heavy (non-hydrogen) atoms. The summed E-state index contributed by atoms with van der Waals surface area (Å²) in [5.41, 5.74) is 3.46. The lowest BCUT2D eigenvalue weighted by Gasteiger charge is -1.97. The number of aryl methyl sites for hydroxylation is 2. The molecule has 0 aliphatic carbocycles. The minimum Gasteiger partial charge on any atom is -0.343 e. The molecule has 3 nitrogen and oxygen atoms in total. The van der Waals surface area contributed by atoms with Crippen LogP contribution in [0.3, 0.4) is 0 Å². The quantitative estimate of drug-likeness (QED) is 0.610. The second kappa shape index (κ2) is 2.54. The smallest absolute Gasteiger partial charge is 0.144 e. The standard InChI is InChI=1S/C10H9N3S/c1-5-3-6(2)13-9-7(5)8-10(14-9)12-4-11-8/h3-4H,1-2H3,(H,11,12). The van der Waals surface area contributed by atoms with Gasteiger partial charge < -0.3 is 4.98 Å². The topological polar surface area (TPSA) is 41.6 Å². The molecule has 0 amide bonds. The number of H-pyrrole nitrogens is 1. The molecule has 0 fully saturated rings. The van der Waals surface area contributed by atoms with Gasteiger partial charge in [0.2, 0.25) is 0 Å². The molecule has 0 saturated carbocycles. The number of nitrogens with zero attached hydrogens (tertiary/aromatic N) is 2. The van der Waals surface area contributed by atoms with Crippen LogP contribution in [-0.4, -0.2) is 15.0 Å². The van der Waals surface area contributed by atoms with Crippen LogP contribution in [0, 0.1) is 13.8 Å². The predicted molar refractivity (Wildman–Crippen MR) is 58.7 cm³/mol. The molecule has 0 radical (unpaired) electrons. The zero-order valence-corrected chi connectivity index (χ0v) is 8.77. The fraction of sp³-hybridized carbons (Fsp3) is 0.200. The molecule has 3 aromatic rings. The fourth-order valence-electron chi connectivity index (χ4n) is 1.81. The number of thiophene rings is 1. The number of aromatic amines is 1. The summed E-state index contributed by atoms with van der Waals surface area (Å²) in [6.07, 6.45) is 1.74. The third kappa shape index (κ3) is 0.915. The lowest BCUT2D eigenvalue weighted by Crippen LogP contribution is -1.83. The second-order valence-electron chi connectivity index (χ2n) is 3.45. The van der Waals surface area contributed by atoms with E-state index in [0.29, 0.717) is 0 Å². The van der Waals surface area contributed by atoms with Gasteiger partial charge in [-0.2, -0.15) is 0 Å². The first-order valence-corrected chi connectivity index (χ1v) is 5.27. The van der Waals surface area contributed by atoms with Crippen LogP contribution in [0.4, 0.5) is 0 Å². The molecule has 0 aliphatic heterocycles. The van der Waals surface area contributed by atoms with Crippen molar-refractivity contribution in [1.82, 2.24) is 15.0 Å². The molecule has 3 rings (SSSR count). The van der Waals surface area contributed by atoms with E-state index in [9.17, 15) is 0 Å². The summed E-state index contributed by atoms with van der Waals surface area (Å²) in [4.78, 5) is 14.0. The zero-order chi connectivity index (χ0) is 9.71. The molecule has 0 aliphatic rings. The Morgan fingerprint density at radius 2 is 2.14 bits per heavy atom. The molecule has 0 saturated heterocycles. The Balaban J connectivity index is 2.62. The molecular formula is C10H9N3S. The van der Waals surface area contributed by atoms with E-state index in [1.807, 2.05) is 6.92 Å². The van der Waals surface area contributed by atoms with Crippen molar-refractivity contribution in [3.8, 4) is 0 Å². The van der Waals surface area contributed by atoms with E-state index in [-0.39, 0.29) is 0 Å². The molecule has 3 heterocycles. The van der Waals surface area contributed by atoms with E-state index in [2.05, 4.69) is 27.9 Å². The van der Waals surface area contributed by atoms with Crippen molar-refractivity contribution in [3.05, 3.63) is 23.7 Å². The van der Waals surface area contributed by atoms with E-state index in [0.717, 1.165) is 20.9 Å². The molecule has 0 atom stereocenters. The minimum atomic E-state index is 1.04. The van der Waals surface area contributed by atoms with E-state index >= 15 is 0 Å². The average Bonchev–Trinajstić information content (AvgIpc) is 2.60. The van der Waals surface area contributed by atoms with Crippen molar-refractivity contribution in [2.24, 2.45) is 0 Å². The molecule has 4 heteroatoms. The number of hydrogen-bond acceptors (Lipinski definition) is 3. The maximum absolute atomic E-state index is 4.50. The highest BCUT2D eigenvalue weighted by molar-refractivity contribution is 7.25. The maximum Gasteiger partial charge on any atom is 0.144 e. The van der Waals surface area contributed by atoms with Crippen LogP contribution in [0.5, 0.6) is 0 Å². The highest BCUT2D eigenvalue weighted by Crippen LogP contribution is 2.32. The summed E-state index contributed by atoms with van der Waals surface area (Å²) in [5, 5.41) is 1.22. The molecule has 1 N–H and O–H groups in total. The molecule has 0 unspecified atom stereocenters. The normalized spacial score (nSPS) is 11.6. The van der Waals surface area contributed by atoms with Crippen molar-refractivity contribution in [2.75, 3.05) is 0 Å². The van der Waals surface area contributed by atoms with Crippen molar-refractivity contribution in [2.45, 2.75) is 13.8 Å². The summed E-state index contributed by atoms with van der Waals surface area (Å²) in [5.74, 6) is 0. The van der Waals surface area contributed by atoms with Crippen molar-refractivity contribution < 1.29 is 0 Å². The van der Waals surface area contributed by atoms with Gasteiger partial charge in [-0.15, -0.1) is 0 Å². The Morgan fingerprint density at radius 3 is 3.00 bits per heavy atom. The van der Waals surface area contributed by atoms with Crippen LogP contribution in [-0.2, 0) is 0 Å². The molecule has 3 aromatic heterocycles. The van der Waals surface area contributed by atoms with Gasteiger partial charge in [-0.05, 0) is 25.5 Å². The summed E-state index contributed by atoms with van der Waals surface area (Å²) >= 11 is 1.64. The first-order valence-electron chi connectivity index (χ1n) is 4.45. The lowest BCUT2D eigenvalue weighted by atomic mass is 10.2. The van der Waals surface area contributed by atoms with Crippen molar-refractivity contribution >= 4 is 31.9 Å². The summed E-state index contributed by atoms with van der Waals surface area (Å²) in [7, 11) is 0. The molecule has 0 bridgehead atoms. The zero-order valence-electron chi connectivity index (χ0n) is 7.96. The first-order chi connectivity index (χ1) is 6.75. The SMILES string of the molecule is Cc1cc(C)c2c(n1)sc1nc[nH]c12. The molecule has 0 spiro atoms. The number of aromatic nitrogens is 3. The van der Waals surface area contributed by atoms with Crippen LogP contribution in [0.1, 0.15) is 11.3 Å². The van der Waals surface area contributed by atoms with Crippen molar-refractivity contribution in [1.29, 1.82) is 0 Å². The monoisotopic (exact) mass is 203 g/mol. The molecular weight excluding hydrogens is 194 g/mol. The van der Waals surface area contributed by atoms with Crippen LogP contribution in [0.25, 0.3) is 20.6 Å². The number of imidazole rings is 1. The summed E-state index contributed by atoms with van der Waals surface area (Å²) < 4.78 is 0. The Labute approximate surface area is 84.8 Å². The van der Waals surface area contributed by atoms with Gasteiger partial charge in [0.1, 0.15) is 9.66 Å². The van der Waals surface area contributed by atoms with E-state index in [1.165, 1.54) is 10.9 Å². The van der Waals surface area contributed by atoms with Crippen LogP contribution in [0.2, 0.25) is 0 Å². The number of hydrogen-bond donors (Lipinski definition) is 1. The fourth-order valence-corrected chi connectivity index (χ4v) is 2.92. The van der Waals surface area contributed by atoms with Gasteiger partial charge >= 0.3 is 0 Å². The largest absolute Gasteiger partial charge is 0.343 e. The van der Waals surface area contributed by atoms with Gasteiger partial charge in [-0.3, -0.25) is 0 Å². The van der Waals surface area contributed by atoms with Gasteiger partial charge in [-0.25, -0.2) is 9.97 Å². The third-order valence-corrected chi connectivity index (χ3v) is 3.35. The first kappa shape index (κ1) is 7.94. The highest BCUT2D eigenvalue weighted by Gasteiger charge is 2.10. The lowest BCUT2D eigenvalue weighted by molar-refractivity contribution is 1.25. The Bertz CT molecular complexity index is 621. The second-order valence-corrected chi connectivity index (χ2v) is 4.42. The van der Waals surface area contributed by atoms with Gasteiger partial charge in [0.05, 0.1) is 11.8 Å². The van der Waals surface area contributed by atoms with Crippen LogP contribution >= 0.6 is 11.3 Å². The number of fused-ring (bicyclic) bond motifs is 3. The number of pyridine rings is 1. The van der Waals surface area contributed by atoms with Gasteiger partial charge in [0.25, 0.3) is 0 Å². The Kier molecular flexibility index (Phi) is 1.44. The summed E-state index contributed by atoms with van der Waals surface area (Å²) in [6.45, 7) is 4.14. The number of rotatable bonds is 0. The molecule has 70 valence electrons. The van der Waals surface area contributed by atoms with Gasteiger partial charge in [0.15, 0.2) is 0 Å². The van der Waals surface area contributed by atoms with E-state index in [4.69, 9.17) is 0 Å². The highest BCUT2D eigenvalue weighted by atomic mass is 32.1.